The quantitative estimate of drug-likeness (QED) is 0.721. The summed E-state index contributed by atoms with van der Waals surface area (Å²) in [6.07, 6.45) is 3.02. The zero-order chi connectivity index (χ0) is 19.4. The number of anilines is 1. The highest BCUT2D eigenvalue weighted by Crippen LogP contribution is 2.21. The van der Waals surface area contributed by atoms with E-state index in [4.69, 9.17) is 4.74 Å². The molecule has 0 saturated heterocycles. The second-order valence-corrected chi connectivity index (χ2v) is 5.79. The summed E-state index contributed by atoms with van der Waals surface area (Å²) in [5.41, 5.74) is 1.22. The van der Waals surface area contributed by atoms with Gasteiger partial charge in [0, 0.05) is 41.0 Å². The second-order valence-electron chi connectivity index (χ2n) is 5.79. The highest BCUT2D eigenvalue weighted by Gasteiger charge is 2.14. The molecule has 1 aromatic carbocycles. The summed E-state index contributed by atoms with van der Waals surface area (Å²) in [5, 5.41) is 2.56. The van der Waals surface area contributed by atoms with E-state index in [1.54, 1.807) is 31.5 Å². The largest absolute Gasteiger partial charge is 0.494 e. The molecule has 2 heterocycles. The first kappa shape index (κ1) is 18.2. The Kier molecular flexibility index (Phi) is 5.25. The number of carbonyl (C=O) groups excluding carboxylic acids is 1. The number of nitrogens with zero attached hydrogens (tertiary/aromatic N) is 2. The van der Waals surface area contributed by atoms with Crippen LogP contribution in [0.15, 0.2) is 47.5 Å². The molecule has 0 aliphatic carbocycles. The first-order valence-corrected chi connectivity index (χ1v) is 8.11. The molecule has 2 N–H and O–H groups in total. The van der Waals surface area contributed by atoms with Crippen LogP contribution >= 0.6 is 0 Å². The predicted molar refractivity (Wildman–Crippen MR) is 98.1 cm³/mol. The lowest BCUT2D eigenvalue weighted by molar-refractivity contribution is -0.115. The number of ether oxygens (including phenoxy) is 1. The summed E-state index contributed by atoms with van der Waals surface area (Å²) in [6.45, 7) is 1.66. The molecule has 3 aromatic rings. The number of benzene rings is 1. The maximum absolute atomic E-state index is 13.7. The van der Waals surface area contributed by atoms with Crippen molar-refractivity contribution in [3.05, 3.63) is 70.2 Å². The molecular formula is C19H17FN4O3. The van der Waals surface area contributed by atoms with E-state index in [9.17, 15) is 14.0 Å². The predicted octanol–water partition coefficient (Wildman–Crippen LogP) is 2.47. The van der Waals surface area contributed by atoms with Gasteiger partial charge in [0.25, 0.3) is 5.56 Å². The molecule has 138 valence electrons. The van der Waals surface area contributed by atoms with Gasteiger partial charge in [-0.1, -0.05) is 0 Å². The molecule has 7 nitrogen and oxygen atoms in total. The van der Waals surface area contributed by atoms with Crippen LogP contribution < -0.4 is 15.6 Å². The number of halogens is 1. The van der Waals surface area contributed by atoms with Crippen molar-refractivity contribution in [1.82, 2.24) is 15.0 Å². The molecule has 0 atom stereocenters. The number of pyridine rings is 1. The Hall–Kier alpha value is -3.55. The number of aromatic nitrogens is 3. The Morgan fingerprint density at radius 2 is 2.15 bits per heavy atom. The van der Waals surface area contributed by atoms with Crippen LogP contribution in [0.1, 0.15) is 11.3 Å². The van der Waals surface area contributed by atoms with Crippen LogP contribution in [0, 0.1) is 12.7 Å². The monoisotopic (exact) mass is 368 g/mol. The lowest BCUT2D eigenvalue weighted by Crippen LogP contribution is -2.24. The standard InChI is InChI=1S/C19H17FN4O3/c1-11-14(19(26)24-18(22-11)12-4-3-7-21-10-12)9-17(25)23-13-5-6-16(27-2)15(20)8-13/h3-8,10H,9H2,1-2H3,(H,23,25)(H,22,24,26). The maximum atomic E-state index is 13.7. The normalized spacial score (nSPS) is 10.5. The molecule has 0 aliphatic rings. The van der Waals surface area contributed by atoms with Gasteiger partial charge in [0.05, 0.1) is 13.5 Å². The van der Waals surface area contributed by atoms with E-state index in [2.05, 4.69) is 20.3 Å². The number of aryl methyl sites for hydroxylation is 1. The summed E-state index contributed by atoms with van der Waals surface area (Å²) >= 11 is 0. The van der Waals surface area contributed by atoms with E-state index in [1.165, 1.54) is 19.2 Å². The smallest absolute Gasteiger partial charge is 0.255 e. The fraction of sp³-hybridized carbons (Fsp3) is 0.158. The third kappa shape index (κ3) is 4.17. The highest BCUT2D eigenvalue weighted by molar-refractivity contribution is 5.92. The van der Waals surface area contributed by atoms with Gasteiger partial charge >= 0.3 is 0 Å². The van der Waals surface area contributed by atoms with Gasteiger partial charge in [0.2, 0.25) is 5.91 Å². The summed E-state index contributed by atoms with van der Waals surface area (Å²) < 4.78 is 18.5. The average molecular weight is 368 g/mol. The molecule has 3 rings (SSSR count). The minimum absolute atomic E-state index is 0.0791. The molecule has 8 heteroatoms. The Labute approximate surface area is 154 Å². The van der Waals surface area contributed by atoms with Crippen LogP contribution in [0.4, 0.5) is 10.1 Å². The average Bonchev–Trinajstić information content (AvgIpc) is 2.65. The summed E-state index contributed by atoms with van der Waals surface area (Å²) in [7, 11) is 1.36. The lowest BCUT2D eigenvalue weighted by atomic mass is 10.1. The number of methoxy groups -OCH3 is 1. The van der Waals surface area contributed by atoms with E-state index in [-0.39, 0.29) is 23.4 Å². The number of hydrogen-bond donors (Lipinski definition) is 2. The topological polar surface area (TPSA) is 97.0 Å². The van der Waals surface area contributed by atoms with E-state index < -0.39 is 17.3 Å². The van der Waals surface area contributed by atoms with Gasteiger partial charge in [0.15, 0.2) is 11.6 Å². The number of nitrogens with one attached hydrogen (secondary N) is 2. The third-order valence-corrected chi connectivity index (χ3v) is 3.93. The Morgan fingerprint density at radius 3 is 2.78 bits per heavy atom. The Bertz CT molecular complexity index is 1030. The summed E-state index contributed by atoms with van der Waals surface area (Å²) in [4.78, 5) is 35.6. The highest BCUT2D eigenvalue weighted by atomic mass is 19.1. The minimum atomic E-state index is -0.591. The molecule has 27 heavy (non-hydrogen) atoms. The van der Waals surface area contributed by atoms with Crippen LogP contribution in [-0.4, -0.2) is 28.0 Å². The Balaban J connectivity index is 1.78. The minimum Gasteiger partial charge on any atom is -0.494 e. The first-order valence-electron chi connectivity index (χ1n) is 8.11. The van der Waals surface area contributed by atoms with E-state index >= 15 is 0 Å². The van der Waals surface area contributed by atoms with Crippen LogP contribution in [0.25, 0.3) is 11.4 Å². The lowest BCUT2D eigenvalue weighted by Gasteiger charge is -2.09. The second kappa shape index (κ2) is 7.77. The fourth-order valence-electron chi connectivity index (χ4n) is 2.57. The van der Waals surface area contributed by atoms with Gasteiger partial charge in [-0.05, 0) is 31.2 Å². The van der Waals surface area contributed by atoms with Crippen molar-refractivity contribution in [2.45, 2.75) is 13.3 Å². The van der Waals surface area contributed by atoms with Gasteiger partial charge in [0.1, 0.15) is 5.82 Å². The van der Waals surface area contributed by atoms with Gasteiger partial charge in [-0.3, -0.25) is 14.6 Å². The number of H-pyrrole nitrogens is 1. The van der Waals surface area contributed by atoms with Gasteiger partial charge in [-0.15, -0.1) is 0 Å². The van der Waals surface area contributed by atoms with Crippen LogP contribution in [0.2, 0.25) is 0 Å². The van der Waals surface area contributed by atoms with Crippen molar-refractivity contribution in [3.8, 4) is 17.1 Å². The van der Waals surface area contributed by atoms with Crippen molar-refractivity contribution < 1.29 is 13.9 Å². The van der Waals surface area contributed by atoms with Gasteiger partial charge < -0.3 is 15.0 Å². The van der Waals surface area contributed by atoms with Crippen molar-refractivity contribution in [2.24, 2.45) is 0 Å². The molecule has 2 aromatic heterocycles. The SMILES string of the molecule is COc1ccc(NC(=O)Cc2c(C)nc(-c3cccnc3)[nH]c2=O)cc1F. The molecule has 0 aliphatic heterocycles. The summed E-state index contributed by atoms with van der Waals surface area (Å²) in [6, 6.07) is 7.58. The van der Waals surface area contributed by atoms with Crippen molar-refractivity contribution in [2.75, 3.05) is 12.4 Å². The van der Waals surface area contributed by atoms with Crippen LogP contribution in [0.5, 0.6) is 5.75 Å². The molecule has 1 amide bonds. The summed E-state index contributed by atoms with van der Waals surface area (Å²) in [5.74, 6) is -0.585. The molecule has 0 unspecified atom stereocenters. The van der Waals surface area contributed by atoms with Crippen molar-refractivity contribution in [3.63, 3.8) is 0 Å². The number of hydrogen-bond acceptors (Lipinski definition) is 5. The van der Waals surface area contributed by atoms with E-state index in [1.807, 2.05) is 0 Å². The molecule has 0 saturated carbocycles. The Morgan fingerprint density at radius 1 is 1.33 bits per heavy atom. The number of carbonyl (C=O) groups is 1. The maximum Gasteiger partial charge on any atom is 0.255 e. The number of rotatable bonds is 5. The molecule has 0 bridgehead atoms. The van der Waals surface area contributed by atoms with E-state index in [0.29, 0.717) is 17.1 Å². The number of aromatic amines is 1. The van der Waals surface area contributed by atoms with E-state index in [0.717, 1.165) is 6.07 Å². The van der Waals surface area contributed by atoms with Crippen molar-refractivity contribution >= 4 is 11.6 Å². The first-order chi connectivity index (χ1) is 13.0. The van der Waals surface area contributed by atoms with Gasteiger partial charge in [-0.2, -0.15) is 0 Å². The third-order valence-electron chi connectivity index (χ3n) is 3.93. The van der Waals surface area contributed by atoms with Crippen LogP contribution in [-0.2, 0) is 11.2 Å². The molecule has 0 radical (unpaired) electrons. The number of amides is 1. The zero-order valence-electron chi connectivity index (χ0n) is 14.7. The molecule has 0 fully saturated rings. The molecular weight excluding hydrogens is 351 g/mol. The van der Waals surface area contributed by atoms with Crippen molar-refractivity contribution in [1.29, 1.82) is 0 Å². The zero-order valence-corrected chi connectivity index (χ0v) is 14.7. The molecule has 0 spiro atoms. The van der Waals surface area contributed by atoms with Crippen LogP contribution in [0.3, 0.4) is 0 Å². The van der Waals surface area contributed by atoms with Gasteiger partial charge in [-0.25, -0.2) is 9.37 Å². The fourth-order valence-corrected chi connectivity index (χ4v) is 2.57.